The van der Waals surface area contributed by atoms with Crippen molar-refractivity contribution in [1.29, 1.82) is 0 Å². The highest BCUT2D eigenvalue weighted by molar-refractivity contribution is 6.07. The summed E-state index contributed by atoms with van der Waals surface area (Å²) in [6.45, 7) is 1.55. The minimum absolute atomic E-state index is 0.00411. The Bertz CT molecular complexity index is 917. The summed E-state index contributed by atoms with van der Waals surface area (Å²) in [5.74, 6) is 0.324. The number of anilines is 2. The Kier molecular flexibility index (Phi) is 6.27. The summed E-state index contributed by atoms with van der Waals surface area (Å²) in [6.07, 6.45) is 8.10. The van der Waals surface area contributed by atoms with Crippen molar-refractivity contribution in [2.45, 2.75) is 69.2 Å². The van der Waals surface area contributed by atoms with E-state index in [1.165, 1.54) is 0 Å². The van der Waals surface area contributed by atoms with Crippen molar-refractivity contribution in [3.05, 3.63) is 23.8 Å². The molecule has 1 unspecified atom stereocenters. The number of carbonyl (C=O) groups excluding carboxylic acids is 3. The monoisotopic (exact) mass is 455 g/mol. The molecule has 1 aromatic carbocycles. The highest BCUT2D eigenvalue weighted by atomic mass is 16.5. The van der Waals surface area contributed by atoms with Crippen LogP contribution in [-0.4, -0.2) is 43.8 Å². The van der Waals surface area contributed by atoms with Crippen LogP contribution in [0.1, 0.15) is 63.4 Å². The lowest BCUT2D eigenvalue weighted by Gasteiger charge is -2.31. The second kappa shape index (κ2) is 9.33. The van der Waals surface area contributed by atoms with E-state index in [2.05, 4.69) is 16.0 Å². The van der Waals surface area contributed by atoms with Gasteiger partial charge in [-0.15, -0.1) is 0 Å². The molecule has 2 aliphatic heterocycles. The SMILES string of the molecule is O=C(NC(C(=O)Nc1ccc2c(c1)NC(=O)C21CCOCC1)C1CCCCC1)OCC1CC1. The fourth-order valence-corrected chi connectivity index (χ4v) is 5.45. The normalized spacial score (nSPS) is 22.8. The molecule has 3 amide bonds. The molecule has 1 saturated heterocycles. The molecule has 3 fully saturated rings. The average molecular weight is 456 g/mol. The molecule has 1 atom stereocenters. The van der Waals surface area contributed by atoms with E-state index in [0.717, 1.165) is 56.2 Å². The van der Waals surface area contributed by atoms with Crippen molar-refractivity contribution in [2.75, 3.05) is 30.5 Å². The number of rotatable bonds is 6. The van der Waals surface area contributed by atoms with Gasteiger partial charge in [-0.05, 0) is 68.1 Å². The predicted octanol–water partition coefficient (Wildman–Crippen LogP) is 3.71. The number of benzene rings is 1. The molecule has 8 heteroatoms. The van der Waals surface area contributed by atoms with Crippen LogP contribution in [0.25, 0.3) is 0 Å². The Morgan fingerprint density at radius 2 is 1.88 bits per heavy atom. The summed E-state index contributed by atoms with van der Waals surface area (Å²) in [5, 5.41) is 8.81. The highest BCUT2D eigenvalue weighted by Gasteiger charge is 2.47. The summed E-state index contributed by atoms with van der Waals surface area (Å²) < 4.78 is 10.8. The van der Waals surface area contributed by atoms with E-state index >= 15 is 0 Å². The van der Waals surface area contributed by atoms with Crippen LogP contribution in [0.4, 0.5) is 16.2 Å². The van der Waals surface area contributed by atoms with Crippen LogP contribution in [0.2, 0.25) is 0 Å². The zero-order chi connectivity index (χ0) is 22.8. The molecule has 33 heavy (non-hydrogen) atoms. The topological polar surface area (TPSA) is 106 Å². The molecule has 0 bridgehead atoms. The molecule has 0 radical (unpaired) electrons. The van der Waals surface area contributed by atoms with E-state index in [1.807, 2.05) is 18.2 Å². The van der Waals surface area contributed by atoms with Gasteiger partial charge in [-0.3, -0.25) is 9.59 Å². The zero-order valence-electron chi connectivity index (χ0n) is 19.0. The first kappa shape index (κ1) is 22.2. The second-order valence-corrected chi connectivity index (χ2v) is 9.96. The largest absolute Gasteiger partial charge is 0.449 e. The van der Waals surface area contributed by atoms with Gasteiger partial charge in [-0.25, -0.2) is 4.79 Å². The number of nitrogens with one attached hydrogen (secondary N) is 3. The third kappa shape index (κ3) is 4.71. The molecule has 5 rings (SSSR count). The number of fused-ring (bicyclic) bond motifs is 2. The molecule has 3 N–H and O–H groups in total. The quantitative estimate of drug-likeness (QED) is 0.606. The van der Waals surface area contributed by atoms with E-state index in [4.69, 9.17) is 9.47 Å². The van der Waals surface area contributed by atoms with E-state index in [1.54, 1.807) is 0 Å². The Labute approximate surface area is 194 Å². The van der Waals surface area contributed by atoms with Gasteiger partial charge in [-0.2, -0.15) is 0 Å². The first-order valence-electron chi connectivity index (χ1n) is 12.3. The predicted molar refractivity (Wildman–Crippen MR) is 123 cm³/mol. The van der Waals surface area contributed by atoms with E-state index in [-0.39, 0.29) is 17.7 Å². The summed E-state index contributed by atoms with van der Waals surface area (Å²) in [5.41, 5.74) is 1.79. The Hall–Kier alpha value is -2.61. The summed E-state index contributed by atoms with van der Waals surface area (Å²) in [4.78, 5) is 38.4. The molecule has 2 saturated carbocycles. The van der Waals surface area contributed by atoms with Crippen LogP contribution in [0.5, 0.6) is 0 Å². The van der Waals surface area contributed by atoms with Crippen LogP contribution in [0.3, 0.4) is 0 Å². The van der Waals surface area contributed by atoms with Gasteiger partial charge in [-0.1, -0.05) is 25.3 Å². The smallest absolute Gasteiger partial charge is 0.407 e. The number of hydrogen-bond donors (Lipinski definition) is 3. The van der Waals surface area contributed by atoms with Gasteiger partial charge in [0.1, 0.15) is 6.04 Å². The van der Waals surface area contributed by atoms with Crippen molar-refractivity contribution < 1.29 is 23.9 Å². The molecule has 2 aliphatic carbocycles. The maximum Gasteiger partial charge on any atom is 0.407 e. The van der Waals surface area contributed by atoms with E-state index in [9.17, 15) is 14.4 Å². The van der Waals surface area contributed by atoms with Gasteiger partial charge >= 0.3 is 6.09 Å². The van der Waals surface area contributed by atoms with Crippen LogP contribution in [0.15, 0.2) is 18.2 Å². The van der Waals surface area contributed by atoms with E-state index < -0.39 is 17.6 Å². The van der Waals surface area contributed by atoms with Crippen molar-refractivity contribution in [1.82, 2.24) is 5.32 Å². The van der Waals surface area contributed by atoms with Gasteiger partial charge in [0.25, 0.3) is 0 Å². The number of alkyl carbamates (subject to hydrolysis) is 1. The lowest BCUT2D eigenvalue weighted by atomic mass is 9.75. The minimum atomic E-state index is -0.637. The zero-order valence-corrected chi connectivity index (χ0v) is 19.0. The number of carbonyl (C=O) groups is 3. The van der Waals surface area contributed by atoms with Crippen LogP contribution in [-0.2, 0) is 24.5 Å². The Morgan fingerprint density at radius 1 is 1.12 bits per heavy atom. The summed E-state index contributed by atoms with van der Waals surface area (Å²) in [6, 6.07) is 4.96. The molecular weight excluding hydrogens is 422 g/mol. The number of hydrogen-bond acceptors (Lipinski definition) is 5. The van der Waals surface area contributed by atoms with Gasteiger partial charge in [0, 0.05) is 24.6 Å². The van der Waals surface area contributed by atoms with Crippen LogP contribution >= 0.6 is 0 Å². The molecule has 0 aromatic heterocycles. The first-order valence-corrected chi connectivity index (χ1v) is 12.3. The first-order chi connectivity index (χ1) is 16.0. The number of amides is 3. The molecular formula is C25H33N3O5. The number of ether oxygens (including phenoxy) is 2. The maximum absolute atomic E-state index is 13.3. The lowest BCUT2D eigenvalue weighted by molar-refractivity contribution is -0.124. The molecule has 2 heterocycles. The third-order valence-corrected chi connectivity index (χ3v) is 7.66. The summed E-state index contributed by atoms with van der Waals surface area (Å²) in [7, 11) is 0. The molecule has 4 aliphatic rings. The van der Waals surface area contributed by atoms with Crippen molar-refractivity contribution in [3.63, 3.8) is 0 Å². The van der Waals surface area contributed by atoms with Crippen molar-refractivity contribution in [3.8, 4) is 0 Å². The molecule has 178 valence electrons. The van der Waals surface area contributed by atoms with Crippen LogP contribution in [0, 0.1) is 11.8 Å². The van der Waals surface area contributed by atoms with Gasteiger partial charge < -0.3 is 25.4 Å². The fraction of sp³-hybridized carbons (Fsp3) is 0.640. The van der Waals surface area contributed by atoms with Gasteiger partial charge in [0.15, 0.2) is 0 Å². The van der Waals surface area contributed by atoms with Crippen molar-refractivity contribution >= 4 is 29.3 Å². The van der Waals surface area contributed by atoms with Crippen molar-refractivity contribution in [2.24, 2.45) is 11.8 Å². The highest BCUT2D eigenvalue weighted by Crippen LogP contribution is 2.45. The summed E-state index contributed by atoms with van der Waals surface area (Å²) >= 11 is 0. The second-order valence-electron chi connectivity index (χ2n) is 9.96. The van der Waals surface area contributed by atoms with Crippen LogP contribution < -0.4 is 16.0 Å². The maximum atomic E-state index is 13.3. The standard InChI is InChI=1S/C25H33N3O5/c29-22(21(17-4-2-1-3-5-17)28-24(31)33-15-16-6-7-16)26-18-8-9-19-20(14-18)27-23(30)25(19)10-12-32-13-11-25/h8-9,14,16-17,21H,1-7,10-13,15H2,(H,26,29)(H,27,30)(H,28,31). The molecule has 1 aromatic rings. The fourth-order valence-electron chi connectivity index (χ4n) is 5.45. The van der Waals surface area contributed by atoms with E-state index in [0.29, 0.717) is 44.3 Å². The molecule has 1 spiro atoms. The Morgan fingerprint density at radius 3 is 2.61 bits per heavy atom. The average Bonchev–Trinajstić information content (AvgIpc) is 3.63. The molecule has 8 nitrogen and oxygen atoms in total. The van der Waals surface area contributed by atoms with Gasteiger partial charge in [0.05, 0.1) is 12.0 Å². The third-order valence-electron chi connectivity index (χ3n) is 7.66. The van der Waals surface area contributed by atoms with Gasteiger partial charge in [0.2, 0.25) is 11.8 Å². The Balaban J connectivity index is 1.29. The lowest BCUT2D eigenvalue weighted by Crippen LogP contribution is -2.49. The minimum Gasteiger partial charge on any atom is -0.449 e.